The maximum atomic E-state index is 12.8. The van der Waals surface area contributed by atoms with Crippen molar-refractivity contribution in [2.45, 2.75) is 19.4 Å². The van der Waals surface area contributed by atoms with E-state index in [2.05, 4.69) is 4.98 Å². The lowest BCUT2D eigenvalue weighted by Gasteiger charge is -2.31. The van der Waals surface area contributed by atoms with Crippen LogP contribution >= 0.6 is 11.3 Å². The fourth-order valence-corrected chi connectivity index (χ4v) is 4.07. The van der Waals surface area contributed by atoms with Gasteiger partial charge in [0.2, 0.25) is 0 Å². The number of carbonyl (C=O) groups excluding carboxylic acids is 2. The number of piperidine rings is 1. The van der Waals surface area contributed by atoms with E-state index in [-0.39, 0.29) is 17.6 Å². The third kappa shape index (κ3) is 4.71. The first-order valence-corrected chi connectivity index (χ1v) is 10.6. The number of carbonyl (C=O) groups is 2. The molecule has 1 amide bonds. The van der Waals surface area contributed by atoms with Crippen LogP contribution in [0.25, 0.3) is 0 Å². The number of amides is 1. The van der Waals surface area contributed by atoms with Crippen LogP contribution in [-0.2, 0) is 6.61 Å². The van der Waals surface area contributed by atoms with Crippen LogP contribution < -0.4 is 4.74 Å². The first-order valence-electron chi connectivity index (χ1n) is 9.69. The molecule has 148 valence electrons. The molecule has 4 rings (SSSR count). The zero-order valence-corrected chi connectivity index (χ0v) is 16.8. The summed E-state index contributed by atoms with van der Waals surface area (Å²) in [5.41, 5.74) is 4.06. The molecule has 1 fully saturated rings. The predicted octanol–water partition coefficient (Wildman–Crippen LogP) is 4.46. The number of ketones is 1. The highest BCUT2D eigenvalue weighted by Gasteiger charge is 2.28. The highest BCUT2D eigenvalue weighted by molar-refractivity contribution is 7.07. The zero-order chi connectivity index (χ0) is 20.1. The van der Waals surface area contributed by atoms with Crippen LogP contribution in [0.3, 0.4) is 0 Å². The van der Waals surface area contributed by atoms with Crippen LogP contribution in [0.15, 0.2) is 65.5 Å². The van der Waals surface area contributed by atoms with Crippen molar-refractivity contribution in [2.75, 3.05) is 13.1 Å². The average molecular weight is 407 g/mol. The molecule has 6 heteroatoms. The van der Waals surface area contributed by atoms with Gasteiger partial charge in [0.15, 0.2) is 5.78 Å². The van der Waals surface area contributed by atoms with Gasteiger partial charge in [-0.15, -0.1) is 11.3 Å². The highest BCUT2D eigenvalue weighted by atomic mass is 32.1. The van der Waals surface area contributed by atoms with Crippen molar-refractivity contribution >= 4 is 23.0 Å². The van der Waals surface area contributed by atoms with Crippen molar-refractivity contribution in [2.24, 2.45) is 5.92 Å². The fourth-order valence-electron chi connectivity index (χ4n) is 3.53. The molecule has 3 aromatic rings. The molecule has 0 radical (unpaired) electrons. The molecule has 1 aliphatic heterocycles. The van der Waals surface area contributed by atoms with Crippen molar-refractivity contribution < 1.29 is 14.3 Å². The minimum Gasteiger partial charge on any atom is -0.487 e. The van der Waals surface area contributed by atoms with Gasteiger partial charge in [-0.25, -0.2) is 4.98 Å². The van der Waals surface area contributed by atoms with E-state index >= 15 is 0 Å². The summed E-state index contributed by atoms with van der Waals surface area (Å²) >= 11 is 1.54. The van der Waals surface area contributed by atoms with E-state index in [4.69, 9.17) is 4.74 Å². The van der Waals surface area contributed by atoms with Gasteiger partial charge < -0.3 is 9.64 Å². The monoisotopic (exact) mass is 406 g/mol. The molecule has 0 N–H and O–H groups in total. The highest BCUT2D eigenvalue weighted by Crippen LogP contribution is 2.23. The van der Waals surface area contributed by atoms with E-state index in [1.807, 2.05) is 52.7 Å². The number of thiazole rings is 1. The van der Waals surface area contributed by atoms with E-state index in [9.17, 15) is 9.59 Å². The van der Waals surface area contributed by atoms with Crippen LogP contribution in [0.5, 0.6) is 5.75 Å². The van der Waals surface area contributed by atoms with Gasteiger partial charge in [0.1, 0.15) is 12.4 Å². The Labute approximate surface area is 174 Å². The van der Waals surface area contributed by atoms with Gasteiger partial charge in [-0.3, -0.25) is 9.59 Å². The lowest BCUT2D eigenvalue weighted by atomic mass is 9.88. The number of likely N-dealkylation sites (tertiary alicyclic amines) is 1. The molecule has 2 heterocycles. The quantitative estimate of drug-likeness (QED) is 0.567. The summed E-state index contributed by atoms with van der Waals surface area (Å²) in [6, 6.07) is 16.6. The van der Waals surface area contributed by atoms with Gasteiger partial charge in [0, 0.05) is 35.5 Å². The summed E-state index contributed by atoms with van der Waals surface area (Å²) < 4.78 is 5.69. The lowest BCUT2D eigenvalue weighted by molar-refractivity contribution is 0.0650. The van der Waals surface area contributed by atoms with Gasteiger partial charge >= 0.3 is 0 Å². The molecule has 29 heavy (non-hydrogen) atoms. The Bertz CT molecular complexity index is 948. The van der Waals surface area contributed by atoms with Crippen LogP contribution in [0.4, 0.5) is 0 Å². The number of hydrogen-bond acceptors (Lipinski definition) is 5. The molecule has 0 bridgehead atoms. The average Bonchev–Trinajstić information content (AvgIpc) is 3.31. The van der Waals surface area contributed by atoms with Gasteiger partial charge in [-0.05, 0) is 37.1 Å². The molecule has 0 atom stereocenters. The maximum Gasteiger partial charge on any atom is 0.253 e. The van der Waals surface area contributed by atoms with Crippen molar-refractivity contribution in [3.05, 3.63) is 82.3 Å². The van der Waals surface area contributed by atoms with Gasteiger partial charge in [0.25, 0.3) is 5.91 Å². The first-order chi connectivity index (χ1) is 14.2. The van der Waals surface area contributed by atoms with Crippen LogP contribution in [-0.4, -0.2) is 34.7 Å². The molecule has 1 aromatic heterocycles. The first kappa shape index (κ1) is 19.3. The van der Waals surface area contributed by atoms with E-state index in [1.54, 1.807) is 17.6 Å². The summed E-state index contributed by atoms with van der Waals surface area (Å²) in [5.74, 6) is 0.880. The molecule has 2 aromatic carbocycles. The van der Waals surface area contributed by atoms with Crippen molar-refractivity contribution in [1.82, 2.24) is 9.88 Å². The number of hydrogen-bond donors (Lipinski definition) is 0. The molecule has 1 aliphatic rings. The Morgan fingerprint density at radius 2 is 1.72 bits per heavy atom. The Morgan fingerprint density at radius 3 is 2.38 bits per heavy atom. The Balaban J connectivity index is 1.30. The van der Waals surface area contributed by atoms with Gasteiger partial charge in [-0.1, -0.05) is 30.3 Å². The zero-order valence-electron chi connectivity index (χ0n) is 16.0. The topological polar surface area (TPSA) is 59.5 Å². The smallest absolute Gasteiger partial charge is 0.253 e. The predicted molar refractivity (Wildman–Crippen MR) is 112 cm³/mol. The summed E-state index contributed by atoms with van der Waals surface area (Å²) in [4.78, 5) is 31.4. The molecule has 0 aliphatic carbocycles. The number of rotatable bonds is 6. The fraction of sp³-hybridized carbons (Fsp3) is 0.261. The minimum absolute atomic E-state index is 0.00154. The Morgan fingerprint density at radius 1 is 1.00 bits per heavy atom. The van der Waals surface area contributed by atoms with Crippen LogP contribution in [0, 0.1) is 5.92 Å². The maximum absolute atomic E-state index is 12.8. The molecule has 0 unspecified atom stereocenters. The molecule has 5 nitrogen and oxygen atoms in total. The third-order valence-electron chi connectivity index (χ3n) is 5.18. The second-order valence-corrected chi connectivity index (χ2v) is 7.81. The minimum atomic E-state index is -0.0112. The summed E-state index contributed by atoms with van der Waals surface area (Å²) in [5, 5.41) is 1.95. The van der Waals surface area contributed by atoms with Crippen LogP contribution in [0.1, 0.15) is 39.3 Å². The van der Waals surface area contributed by atoms with Crippen molar-refractivity contribution in [1.29, 1.82) is 0 Å². The van der Waals surface area contributed by atoms with E-state index in [0.29, 0.717) is 43.9 Å². The normalized spacial score (nSPS) is 14.6. The molecular weight excluding hydrogens is 384 g/mol. The summed E-state index contributed by atoms with van der Waals surface area (Å²) in [6.07, 6.45) is 1.41. The van der Waals surface area contributed by atoms with Gasteiger partial charge in [-0.2, -0.15) is 0 Å². The largest absolute Gasteiger partial charge is 0.487 e. The van der Waals surface area contributed by atoms with Gasteiger partial charge in [0.05, 0.1) is 11.2 Å². The third-order valence-corrected chi connectivity index (χ3v) is 5.82. The number of aromatic nitrogens is 1. The number of Topliss-reactive ketones (excluding diaryl/α,β-unsaturated/α-hetero) is 1. The number of benzene rings is 2. The Kier molecular flexibility index (Phi) is 6.00. The van der Waals surface area contributed by atoms with Crippen molar-refractivity contribution in [3.63, 3.8) is 0 Å². The van der Waals surface area contributed by atoms with E-state index < -0.39 is 0 Å². The SMILES string of the molecule is O=C(c1ccccc1)C1CCN(C(=O)c2ccc(OCc3cscn3)cc2)CC1. The van der Waals surface area contributed by atoms with E-state index in [0.717, 1.165) is 11.3 Å². The standard InChI is InChI=1S/C23H22N2O3S/c26-22(17-4-2-1-3-5-17)18-10-12-25(13-11-18)23(27)19-6-8-21(9-7-19)28-14-20-15-29-16-24-20/h1-9,15-16,18H,10-14H2. The molecule has 1 saturated heterocycles. The lowest BCUT2D eigenvalue weighted by Crippen LogP contribution is -2.40. The summed E-state index contributed by atoms with van der Waals surface area (Å²) in [7, 11) is 0. The van der Waals surface area contributed by atoms with E-state index in [1.165, 1.54) is 11.3 Å². The molecule has 0 saturated carbocycles. The van der Waals surface area contributed by atoms with Crippen molar-refractivity contribution in [3.8, 4) is 5.75 Å². The summed E-state index contributed by atoms with van der Waals surface area (Å²) in [6.45, 7) is 1.62. The number of ether oxygens (including phenoxy) is 1. The second-order valence-electron chi connectivity index (χ2n) is 7.09. The van der Waals surface area contributed by atoms with Crippen LogP contribution in [0.2, 0.25) is 0 Å². The second kappa shape index (κ2) is 9.01. The molecular formula is C23H22N2O3S. The number of nitrogens with zero attached hydrogens (tertiary/aromatic N) is 2. The molecule has 0 spiro atoms. The Hall–Kier alpha value is -2.99.